The van der Waals surface area contributed by atoms with Gasteiger partial charge in [-0.25, -0.2) is 4.79 Å². The Morgan fingerprint density at radius 3 is 3.12 bits per heavy atom. The molecule has 0 unspecified atom stereocenters. The van der Waals surface area contributed by atoms with E-state index in [1.165, 1.54) is 5.56 Å². The minimum Gasteiger partial charge on any atom is -0.449 e. The van der Waals surface area contributed by atoms with Gasteiger partial charge in [-0.1, -0.05) is 12.1 Å². The van der Waals surface area contributed by atoms with Crippen LogP contribution in [-0.4, -0.2) is 26.3 Å². The second-order valence-electron chi connectivity index (χ2n) is 3.82. The molecule has 0 aromatic heterocycles. The fraction of sp³-hybridized carbons (Fsp3) is 0.417. The lowest BCUT2D eigenvalue weighted by Crippen LogP contribution is -2.37. The van der Waals surface area contributed by atoms with Crippen LogP contribution >= 0.6 is 0 Å². The molecule has 4 heteroatoms. The van der Waals surface area contributed by atoms with E-state index in [1.807, 2.05) is 31.3 Å². The molecule has 16 heavy (non-hydrogen) atoms. The maximum atomic E-state index is 11.6. The minimum atomic E-state index is -0.243. The number of hydrogen-bond acceptors (Lipinski definition) is 3. The number of hydrogen-bond donors (Lipinski definition) is 1. The molecule has 2 rings (SSSR count). The number of benzene rings is 1. The lowest BCUT2D eigenvalue weighted by molar-refractivity contribution is 0.140. The minimum absolute atomic E-state index is 0.243. The Bertz CT molecular complexity index is 379. The van der Waals surface area contributed by atoms with Crippen molar-refractivity contribution >= 4 is 11.8 Å². The topological polar surface area (TPSA) is 41.6 Å². The molecule has 4 nitrogen and oxygen atoms in total. The summed E-state index contributed by atoms with van der Waals surface area (Å²) in [5.74, 6) is 0. The highest BCUT2D eigenvalue weighted by atomic mass is 16.6. The van der Waals surface area contributed by atoms with E-state index in [2.05, 4.69) is 5.32 Å². The zero-order chi connectivity index (χ0) is 11.4. The second kappa shape index (κ2) is 4.99. The standard InChI is InChI=1S/C12H16N2O2/c1-13-9-10-4-2-5-11(8-10)14-6-3-7-16-12(14)15/h2,4-5,8,13H,3,6-7,9H2,1H3. The lowest BCUT2D eigenvalue weighted by Gasteiger charge is -2.26. The van der Waals surface area contributed by atoms with Gasteiger partial charge in [0.2, 0.25) is 0 Å². The van der Waals surface area contributed by atoms with Gasteiger partial charge in [0.05, 0.1) is 6.61 Å². The summed E-state index contributed by atoms with van der Waals surface area (Å²) < 4.78 is 5.02. The van der Waals surface area contributed by atoms with Crippen LogP contribution in [0.4, 0.5) is 10.5 Å². The van der Waals surface area contributed by atoms with Gasteiger partial charge < -0.3 is 10.1 Å². The number of carbonyl (C=O) groups is 1. The summed E-state index contributed by atoms with van der Waals surface area (Å²) in [6, 6.07) is 7.95. The SMILES string of the molecule is CNCc1cccc(N2CCCOC2=O)c1. The molecular formula is C12H16N2O2. The maximum absolute atomic E-state index is 11.6. The highest BCUT2D eigenvalue weighted by molar-refractivity contribution is 5.88. The van der Waals surface area contributed by atoms with E-state index in [1.54, 1.807) is 4.90 Å². The number of carbonyl (C=O) groups excluding carboxylic acids is 1. The van der Waals surface area contributed by atoms with Gasteiger partial charge in [-0.2, -0.15) is 0 Å². The largest absolute Gasteiger partial charge is 0.449 e. The van der Waals surface area contributed by atoms with Crippen LogP contribution in [0.1, 0.15) is 12.0 Å². The number of nitrogens with zero attached hydrogens (tertiary/aromatic N) is 1. The Kier molecular flexibility index (Phi) is 3.41. The zero-order valence-corrected chi connectivity index (χ0v) is 9.40. The molecule has 86 valence electrons. The summed E-state index contributed by atoms with van der Waals surface area (Å²) >= 11 is 0. The van der Waals surface area contributed by atoms with Gasteiger partial charge in [-0.3, -0.25) is 4.90 Å². The molecule has 1 amide bonds. The molecule has 0 radical (unpaired) electrons. The third-order valence-electron chi connectivity index (χ3n) is 2.58. The van der Waals surface area contributed by atoms with Gasteiger partial charge in [0, 0.05) is 18.8 Å². The van der Waals surface area contributed by atoms with Crippen molar-refractivity contribution in [3.63, 3.8) is 0 Å². The number of rotatable bonds is 3. The van der Waals surface area contributed by atoms with Gasteiger partial charge in [-0.15, -0.1) is 0 Å². The normalized spacial score (nSPS) is 16.1. The van der Waals surface area contributed by atoms with Crippen LogP contribution in [0.25, 0.3) is 0 Å². The van der Waals surface area contributed by atoms with Crippen LogP contribution < -0.4 is 10.2 Å². The molecular weight excluding hydrogens is 204 g/mol. The lowest BCUT2D eigenvalue weighted by atomic mass is 10.2. The molecule has 0 bridgehead atoms. The van der Waals surface area contributed by atoms with Crippen LogP contribution in [0.15, 0.2) is 24.3 Å². The van der Waals surface area contributed by atoms with Gasteiger partial charge in [0.15, 0.2) is 0 Å². The number of nitrogens with one attached hydrogen (secondary N) is 1. The number of ether oxygens (including phenoxy) is 1. The quantitative estimate of drug-likeness (QED) is 0.843. The summed E-state index contributed by atoms with van der Waals surface area (Å²) in [7, 11) is 1.90. The van der Waals surface area contributed by atoms with Crippen LogP contribution in [-0.2, 0) is 11.3 Å². The molecule has 1 fully saturated rings. The smallest absolute Gasteiger partial charge is 0.414 e. The van der Waals surface area contributed by atoms with E-state index in [0.29, 0.717) is 6.61 Å². The van der Waals surface area contributed by atoms with Crippen molar-refractivity contribution in [1.82, 2.24) is 5.32 Å². The second-order valence-corrected chi connectivity index (χ2v) is 3.82. The summed E-state index contributed by atoms with van der Waals surface area (Å²) in [5, 5.41) is 3.09. The Morgan fingerprint density at radius 1 is 1.50 bits per heavy atom. The molecule has 1 aliphatic heterocycles. The third kappa shape index (κ3) is 2.33. The first-order valence-electron chi connectivity index (χ1n) is 5.49. The van der Waals surface area contributed by atoms with Crippen molar-refractivity contribution in [3.8, 4) is 0 Å². The van der Waals surface area contributed by atoms with Gasteiger partial charge in [-0.05, 0) is 31.2 Å². The van der Waals surface area contributed by atoms with Gasteiger partial charge in [0.1, 0.15) is 0 Å². The fourth-order valence-corrected chi connectivity index (χ4v) is 1.82. The summed E-state index contributed by atoms with van der Waals surface area (Å²) in [5.41, 5.74) is 2.08. The first-order chi connectivity index (χ1) is 7.81. The van der Waals surface area contributed by atoms with Crippen molar-refractivity contribution < 1.29 is 9.53 Å². The fourth-order valence-electron chi connectivity index (χ4n) is 1.82. The summed E-state index contributed by atoms with van der Waals surface area (Å²) in [6.07, 6.45) is 0.648. The van der Waals surface area contributed by atoms with E-state index in [4.69, 9.17) is 4.74 Å². The van der Waals surface area contributed by atoms with Crippen LogP contribution in [0.2, 0.25) is 0 Å². The number of anilines is 1. The molecule has 1 aromatic carbocycles. The third-order valence-corrected chi connectivity index (χ3v) is 2.58. The van der Waals surface area contributed by atoms with E-state index in [-0.39, 0.29) is 6.09 Å². The van der Waals surface area contributed by atoms with Crippen LogP contribution in [0.3, 0.4) is 0 Å². The monoisotopic (exact) mass is 220 g/mol. The van der Waals surface area contributed by atoms with E-state index >= 15 is 0 Å². The van der Waals surface area contributed by atoms with Crippen molar-refractivity contribution in [2.75, 3.05) is 25.1 Å². The Labute approximate surface area is 95.2 Å². The molecule has 0 spiro atoms. The Balaban J connectivity index is 2.18. The van der Waals surface area contributed by atoms with Gasteiger partial charge >= 0.3 is 6.09 Å². The molecule has 0 atom stereocenters. The zero-order valence-electron chi connectivity index (χ0n) is 9.40. The van der Waals surface area contributed by atoms with Crippen LogP contribution in [0, 0.1) is 0 Å². The van der Waals surface area contributed by atoms with Crippen LogP contribution in [0.5, 0.6) is 0 Å². The number of amides is 1. The molecule has 0 aliphatic carbocycles. The van der Waals surface area contributed by atoms with Gasteiger partial charge in [0.25, 0.3) is 0 Å². The Morgan fingerprint density at radius 2 is 2.38 bits per heavy atom. The maximum Gasteiger partial charge on any atom is 0.414 e. The molecule has 1 aliphatic rings. The molecule has 1 saturated heterocycles. The molecule has 1 N–H and O–H groups in total. The average Bonchev–Trinajstić information content (AvgIpc) is 2.30. The van der Waals surface area contributed by atoms with E-state index in [9.17, 15) is 4.79 Å². The molecule has 1 aromatic rings. The van der Waals surface area contributed by atoms with Crippen molar-refractivity contribution in [2.24, 2.45) is 0 Å². The highest BCUT2D eigenvalue weighted by Crippen LogP contribution is 2.19. The Hall–Kier alpha value is -1.55. The number of cyclic esters (lactones) is 1. The summed E-state index contributed by atoms with van der Waals surface area (Å²) in [4.78, 5) is 13.2. The highest BCUT2D eigenvalue weighted by Gasteiger charge is 2.20. The average molecular weight is 220 g/mol. The van der Waals surface area contributed by atoms with Crippen molar-refractivity contribution in [3.05, 3.63) is 29.8 Å². The summed E-state index contributed by atoms with van der Waals surface area (Å²) in [6.45, 7) is 2.07. The first kappa shape index (κ1) is 11.0. The predicted octanol–water partition coefficient (Wildman–Crippen LogP) is 1.75. The predicted molar refractivity (Wildman–Crippen MR) is 62.5 cm³/mol. The molecule has 1 heterocycles. The molecule has 0 saturated carbocycles. The first-order valence-corrected chi connectivity index (χ1v) is 5.49. The van der Waals surface area contributed by atoms with E-state index in [0.717, 1.165) is 25.2 Å². The van der Waals surface area contributed by atoms with Crippen molar-refractivity contribution in [1.29, 1.82) is 0 Å². The van der Waals surface area contributed by atoms with E-state index < -0.39 is 0 Å². The van der Waals surface area contributed by atoms with Crippen molar-refractivity contribution in [2.45, 2.75) is 13.0 Å².